The third kappa shape index (κ3) is 9.97. The number of hydrogen-bond acceptors (Lipinski definition) is 14. The third-order valence-corrected chi connectivity index (χ3v) is 11.4. The lowest BCUT2D eigenvalue weighted by Crippen LogP contribution is -2.52. The maximum absolute atomic E-state index is 13.1. The van der Waals surface area contributed by atoms with Gasteiger partial charge in [0.05, 0.1) is 28.8 Å². The van der Waals surface area contributed by atoms with Gasteiger partial charge in [0.2, 0.25) is 29.4 Å². The second-order valence-electron chi connectivity index (χ2n) is 13.0. The smallest absolute Gasteiger partial charge is 0.324 e. The Hall–Kier alpha value is -6.74. The predicted molar refractivity (Wildman–Crippen MR) is 211 cm³/mol. The van der Waals surface area contributed by atoms with Gasteiger partial charge in [0.25, 0.3) is 21.8 Å². The highest BCUT2D eigenvalue weighted by molar-refractivity contribution is 7.92. The zero-order chi connectivity index (χ0) is 41.4. The highest BCUT2D eigenvalue weighted by Gasteiger charge is 2.39. The molecule has 0 saturated carbocycles. The number of anilines is 3. The summed E-state index contributed by atoms with van der Waals surface area (Å²) in [6.07, 6.45) is 5.52. The van der Waals surface area contributed by atoms with Crippen LogP contribution in [0, 0.1) is 10.1 Å². The standard InChI is InChI=1S/C37H37N9O10S2/c1-56-36-34(44-58(54,55)25-11-7-22(8-12-25)41-31(48)14-9-24-10-16-33(57-24)46(52)53)40-20-23(42-36)4-3-18-39-30(47)17-19-38-28-6-2-5-26-27(28)21-45(37(26)51)29-13-15-32(49)43-35(29)50/h2,5-12,14,16,20,29,38H,3-4,13,15,17-19,21H2,1H3,(H,39,47)(H,40,44)(H,41,48)(H,43,49,50)/b14-9+. The van der Waals surface area contributed by atoms with E-state index in [0.717, 1.165) is 16.9 Å². The van der Waals surface area contributed by atoms with Crippen LogP contribution >= 0.6 is 11.3 Å². The van der Waals surface area contributed by atoms with Crippen molar-refractivity contribution in [2.75, 3.05) is 35.6 Å². The molecule has 6 rings (SSSR count). The molecule has 2 aromatic carbocycles. The molecule has 0 aliphatic carbocycles. The molecule has 1 atom stereocenters. The largest absolute Gasteiger partial charge is 0.478 e. The number of thiophene rings is 1. The summed E-state index contributed by atoms with van der Waals surface area (Å²) in [7, 11) is -2.81. The number of benzene rings is 2. The van der Waals surface area contributed by atoms with Gasteiger partial charge in [-0.3, -0.25) is 44.1 Å². The van der Waals surface area contributed by atoms with Gasteiger partial charge < -0.3 is 25.6 Å². The Balaban J connectivity index is 0.930. The van der Waals surface area contributed by atoms with Gasteiger partial charge >= 0.3 is 5.00 Å². The first-order chi connectivity index (χ1) is 27.8. The number of ether oxygens (including phenoxy) is 1. The normalized spacial score (nSPS) is 15.2. The molecule has 2 aliphatic heterocycles. The van der Waals surface area contributed by atoms with Crippen LogP contribution in [0.4, 0.5) is 22.2 Å². The number of piperidine rings is 1. The van der Waals surface area contributed by atoms with Gasteiger partial charge in [-0.2, -0.15) is 0 Å². The van der Waals surface area contributed by atoms with E-state index >= 15 is 0 Å². The molecule has 4 aromatic rings. The van der Waals surface area contributed by atoms with Crippen LogP contribution in [-0.4, -0.2) is 84.0 Å². The molecule has 1 unspecified atom stereocenters. The van der Waals surface area contributed by atoms with Crippen molar-refractivity contribution in [3.8, 4) is 5.88 Å². The molecule has 0 spiro atoms. The minimum atomic E-state index is -4.13. The molecule has 1 saturated heterocycles. The van der Waals surface area contributed by atoms with Crippen molar-refractivity contribution in [3.05, 3.63) is 98.7 Å². The molecule has 21 heteroatoms. The fraction of sp³-hybridized carbons (Fsp3) is 0.270. The van der Waals surface area contributed by atoms with E-state index in [1.807, 2.05) is 0 Å². The van der Waals surface area contributed by atoms with Crippen LogP contribution in [0.15, 0.2) is 71.8 Å². The summed E-state index contributed by atoms with van der Waals surface area (Å²) in [4.78, 5) is 82.6. The number of nitrogens with one attached hydrogen (secondary N) is 5. The quantitative estimate of drug-likeness (QED) is 0.0337. The number of methoxy groups -OCH3 is 1. The Labute approximate surface area is 335 Å². The summed E-state index contributed by atoms with van der Waals surface area (Å²) in [5, 5.41) is 21.7. The number of carbonyl (C=O) groups excluding carboxylic acids is 5. The van der Waals surface area contributed by atoms with Gasteiger partial charge in [-0.05, 0) is 67.8 Å². The number of fused-ring (bicyclic) bond motifs is 1. The molecule has 1 fully saturated rings. The Kier molecular flexibility index (Phi) is 12.7. The van der Waals surface area contributed by atoms with Crippen molar-refractivity contribution < 1.29 is 42.1 Å². The average molecular weight is 832 g/mol. The van der Waals surface area contributed by atoms with Gasteiger partial charge in [0.15, 0.2) is 0 Å². The second kappa shape index (κ2) is 18.0. The van der Waals surface area contributed by atoms with E-state index in [1.54, 1.807) is 18.2 Å². The van der Waals surface area contributed by atoms with E-state index in [2.05, 4.69) is 36.0 Å². The molecular weight excluding hydrogens is 795 g/mol. The molecule has 4 heterocycles. The van der Waals surface area contributed by atoms with Crippen LogP contribution in [-0.2, 0) is 42.2 Å². The average Bonchev–Trinajstić information content (AvgIpc) is 3.81. The van der Waals surface area contributed by atoms with Gasteiger partial charge in [0.1, 0.15) is 6.04 Å². The topological polar surface area (TPSA) is 261 Å². The number of imide groups is 1. The van der Waals surface area contributed by atoms with Crippen LogP contribution in [0.1, 0.15) is 52.2 Å². The van der Waals surface area contributed by atoms with E-state index in [9.17, 15) is 42.5 Å². The maximum Gasteiger partial charge on any atom is 0.324 e. The number of sulfonamides is 1. The Morgan fingerprint density at radius 3 is 2.62 bits per heavy atom. The van der Waals surface area contributed by atoms with Crippen LogP contribution < -0.4 is 30.7 Å². The van der Waals surface area contributed by atoms with Crippen molar-refractivity contribution in [2.45, 2.75) is 49.6 Å². The summed E-state index contributed by atoms with van der Waals surface area (Å²) in [6, 6.07) is 12.7. The molecular formula is C37H37N9O10S2. The Bertz CT molecular complexity index is 2400. The minimum Gasteiger partial charge on any atom is -0.478 e. The zero-order valence-electron chi connectivity index (χ0n) is 30.9. The summed E-state index contributed by atoms with van der Waals surface area (Å²) in [6.45, 7) is 0.837. The maximum atomic E-state index is 13.1. The first kappa shape index (κ1) is 40.9. The SMILES string of the molecule is COc1nc(CCCNC(=O)CCNc2cccc3c2CN(C2CCC(=O)NC2=O)C3=O)cnc1NS(=O)(=O)c1ccc(NC(=O)/C=C/c2ccc([N+](=O)[O-])s2)cc1. The summed E-state index contributed by atoms with van der Waals surface area (Å²) < 4.78 is 33.9. The van der Waals surface area contributed by atoms with E-state index in [1.165, 1.54) is 66.8 Å². The summed E-state index contributed by atoms with van der Waals surface area (Å²) in [5.74, 6) is -2.04. The van der Waals surface area contributed by atoms with Gasteiger partial charge in [-0.15, -0.1) is 0 Å². The molecule has 5 amide bonds. The number of aryl methyl sites for hydroxylation is 1. The first-order valence-electron chi connectivity index (χ1n) is 17.8. The number of hydrogen-bond donors (Lipinski definition) is 5. The van der Waals surface area contributed by atoms with Crippen molar-refractivity contribution in [3.63, 3.8) is 0 Å². The lowest BCUT2D eigenvalue weighted by Gasteiger charge is -2.29. The molecule has 2 aliphatic rings. The van der Waals surface area contributed by atoms with Crippen LogP contribution in [0.5, 0.6) is 5.88 Å². The van der Waals surface area contributed by atoms with Crippen LogP contribution in [0.2, 0.25) is 0 Å². The van der Waals surface area contributed by atoms with Crippen molar-refractivity contribution in [1.29, 1.82) is 0 Å². The van der Waals surface area contributed by atoms with Crippen LogP contribution in [0.25, 0.3) is 6.08 Å². The number of nitro groups is 1. The van der Waals surface area contributed by atoms with Crippen molar-refractivity contribution in [2.24, 2.45) is 0 Å². The van der Waals surface area contributed by atoms with Crippen molar-refractivity contribution >= 4 is 79.2 Å². The number of nitrogens with zero attached hydrogens (tertiary/aromatic N) is 4. The second-order valence-corrected chi connectivity index (χ2v) is 15.7. The van der Waals surface area contributed by atoms with Gasteiger partial charge in [-0.1, -0.05) is 17.4 Å². The highest BCUT2D eigenvalue weighted by atomic mass is 32.2. The highest BCUT2D eigenvalue weighted by Crippen LogP contribution is 2.32. The number of carbonyl (C=O) groups is 5. The predicted octanol–water partition coefficient (Wildman–Crippen LogP) is 3.22. The van der Waals surface area contributed by atoms with E-state index < -0.39 is 32.8 Å². The van der Waals surface area contributed by atoms with E-state index in [4.69, 9.17) is 4.74 Å². The van der Waals surface area contributed by atoms with Gasteiger partial charge in [-0.25, -0.2) is 18.4 Å². The Morgan fingerprint density at radius 2 is 1.90 bits per heavy atom. The lowest BCUT2D eigenvalue weighted by atomic mass is 10.0. The van der Waals surface area contributed by atoms with Crippen LogP contribution in [0.3, 0.4) is 0 Å². The third-order valence-electron chi connectivity index (χ3n) is 9.02. The monoisotopic (exact) mass is 831 g/mol. The minimum absolute atomic E-state index is 0.0510. The number of rotatable bonds is 17. The fourth-order valence-electron chi connectivity index (χ4n) is 6.16. The molecule has 2 aromatic heterocycles. The Morgan fingerprint density at radius 1 is 1.10 bits per heavy atom. The number of amides is 5. The first-order valence-corrected chi connectivity index (χ1v) is 20.1. The molecule has 0 radical (unpaired) electrons. The number of aromatic nitrogens is 2. The van der Waals surface area contributed by atoms with Crippen molar-refractivity contribution in [1.82, 2.24) is 25.5 Å². The lowest BCUT2D eigenvalue weighted by molar-refractivity contribution is -0.380. The van der Waals surface area contributed by atoms with E-state index in [-0.39, 0.29) is 65.1 Å². The molecule has 0 bridgehead atoms. The summed E-state index contributed by atoms with van der Waals surface area (Å²) >= 11 is 0.917. The fourth-order valence-corrected chi connectivity index (χ4v) is 7.89. The summed E-state index contributed by atoms with van der Waals surface area (Å²) in [5.41, 5.74) is 2.70. The molecule has 5 N–H and O–H groups in total. The molecule has 58 heavy (non-hydrogen) atoms. The zero-order valence-corrected chi connectivity index (χ0v) is 32.5. The molecule has 19 nitrogen and oxygen atoms in total. The van der Waals surface area contributed by atoms with E-state index in [0.29, 0.717) is 53.4 Å². The van der Waals surface area contributed by atoms with Gasteiger partial charge in [0, 0.05) is 72.0 Å². The molecule has 302 valence electrons.